The van der Waals surface area contributed by atoms with Crippen LogP contribution in [0.3, 0.4) is 0 Å². The lowest BCUT2D eigenvalue weighted by Crippen LogP contribution is -2.58. The molecular weight excluding hydrogens is 816 g/mol. The van der Waals surface area contributed by atoms with Crippen molar-refractivity contribution in [2.45, 2.75) is 58.0 Å². The molecule has 0 aliphatic carbocycles. The topological polar surface area (TPSA) is 191 Å². The van der Waals surface area contributed by atoms with Gasteiger partial charge in [0.25, 0.3) is 23.3 Å². The van der Waals surface area contributed by atoms with Crippen molar-refractivity contribution in [1.82, 2.24) is 35.0 Å². The van der Waals surface area contributed by atoms with E-state index in [1.54, 1.807) is 29.0 Å². The Morgan fingerprint density at radius 3 is 2.47 bits per heavy atom. The van der Waals surface area contributed by atoms with Crippen molar-refractivity contribution >= 4 is 75.2 Å². The summed E-state index contributed by atoms with van der Waals surface area (Å²) < 4.78 is 7.27. The van der Waals surface area contributed by atoms with E-state index in [0.717, 1.165) is 86.6 Å². The molecule has 17 nitrogen and oxygen atoms in total. The number of likely N-dealkylation sites (tertiary alicyclic amines) is 1. The number of benzene rings is 2. The Hall–Kier alpha value is -6.07. The van der Waals surface area contributed by atoms with Crippen LogP contribution in [0, 0.1) is 11.3 Å². The van der Waals surface area contributed by atoms with E-state index in [4.69, 9.17) is 21.3 Å². The van der Waals surface area contributed by atoms with Crippen LogP contribution in [0.15, 0.2) is 53.5 Å². The molecule has 7 heterocycles. The number of aromatic nitrogens is 3. The number of likely N-dealkylation sites (N-methyl/N-ethyl adjacent to an activating group) is 1. The minimum absolute atomic E-state index is 0.0866. The maximum Gasteiger partial charge on any atom is 0.293 e. The van der Waals surface area contributed by atoms with Gasteiger partial charge >= 0.3 is 0 Å². The van der Waals surface area contributed by atoms with Crippen LogP contribution in [0.1, 0.15) is 72.7 Å². The van der Waals surface area contributed by atoms with Crippen LogP contribution in [-0.2, 0) is 14.4 Å². The predicted molar refractivity (Wildman–Crippen MR) is 232 cm³/mol. The van der Waals surface area contributed by atoms with Gasteiger partial charge in [-0.15, -0.1) is 0 Å². The lowest BCUT2D eigenvalue weighted by molar-refractivity contribution is -0.136. The van der Waals surface area contributed by atoms with Gasteiger partial charge in [-0.2, -0.15) is 4.98 Å². The number of carbonyl (C=O) groups excluding carboxylic acids is 5. The summed E-state index contributed by atoms with van der Waals surface area (Å²) in [5.41, 5.74) is 2.81. The fourth-order valence-corrected chi connectivity index (χ4v) is 9.83. The number of amides is 5. The second-order valence-electron chi connectivity index (χ2n) is 17.5. The van der Waals surface area contributed by atoms with E-state index in [1.807, 2.05) is 38.1 Å². The van der Waals surface area contributed by atoms with E-state index in [0.29, 0.717) is 39.5 Å². The molecule has 18 heteroatoms. The third-order valence-electron chi connectivity index (χ3n) is 12.9. The zero-order chi connectivity index (χ0) is 43.4. The molecule has 1 spiro atoms. The number of ether oxygens (including phenoxy) is 1. The van der Waals surface area contributed by atoms with Crippen LogP contribution in [0.5, 0.6) is 5.75 Å². The number of rotatable bonds is 11. The van der Waals surface area contributed by atoms with E-state index >= 15 is 0 Å². The zero-order valence-corrected chi connectivity index (χ0v) is 35.7. The van der Waals surface area contributed by atoms with Crippen LogP contribution in [0.4, 0.5) is 23.1 Å². The van der Waals surface area contributed by atoms with Crippen LogP contribution in [-0.4, -0.2) is 119 Å². The fourth-order valence-electron chi connectivity index (χ4n) is 9.69. The number of nitrogens with zero attached hydrogens (tertiary/aromatic N) is 7. The number of fused-ring (bicyclic) bond motifs is 2. The highest BCUT2D eigenvalue weighted by Crippen LogP contribution is 2.43. The smallest absolute Gasteiger partial charge is 0.293 e. The molecule has 0 radical (unpaired) electrons. The van der Waals surface area contributed by atoms with Crippen molar-refractivity contribution in [3.8, 4) is 5.75 Å². The Bertz CT molecular complexity index is 2570. The highest BCUT2D eigenvalue weighted by Gasteiger charge is 2.49. The molecule has 0 bridgehead atoms. The summed E-state index contributed by atoms with van der Waals surface area (Å²) >= 11 is 6.61. The molecular formula is C44H49ClN10O7. The third kappa shape index (κ3) is 7.72. The van der Waals surface area contributed by atoms with Crippen molar-refractivity contribution in [1.29, 1.82) is 0 Å². The van der Waals surface area contributed by atoms with E-state index in [9.17, 15) is 28.8 Å². The van der Waals surface area contributed by atoms with E-state index in [-0.39, 0.29) is 48.1 Å². The Kier molecular flexibility index (Phi) is 10.9. The third-order valence-corrected chi connectivity index (χ3v) is 13.2. The van der Waals surface area contributed by atoms with Gasteiger partial charge in [-0.1, -0.05) is 11.6 Å². The summed E-state index contributed by atoms with van der Waals surface area (Å²) in [5, 5.41) is 9.21. The zero-order valence-electron chi connectivity index (χ0n) is 34.9. The molecule has 5 aliphatic rings. The van der Waals surface area contributed by atoms with Crippen molar-refractivity contribution in [3.05, 3.63) is 75.2 Å². The first kappa shape index (κ1) is 41.3. The highest BCUT2D eigenvalue weighted by atomic mass is 35.5. The number of halogens is 1. The second kappa shape index (κ2) is 16.3. The molecule has 3 N–H and O–H groups in total. The Labute approximate surface area is 362 Å². The summed E-state index contributed by atoms with van der Waals surface area (Å²) in [7, 11) is 1.51. The van der Waals surface area contributed by atoms with Gasteiger partial charge < -0.3 is 34.6 Å². The van der Waals surface area contributed by atoms with Crippen LogP contribution in [0.25, 0.3) is 10.9 Å². The Balaban J connectivity index is 0.784. The normalized spacial score (nSPS) is 20.3. The number of pyridine rings is 1. The maximum atomic E-state index is 13.4. The monoisotopic (exact) mass is 864 g/mol. The fraction of sp³-hybridized carbons (Fsp3) is 0.455. The van der Waals surface area contributed by atoms with Crippen LogP contribution < -0.4 is 36.0 Å². The molecule has 4 fully saturated rings. The van der Waals surface area contributed by atoms with Crippen LogP contribution >= 0.6 is 11.6 Å². The van der Waals surface area contributed by atoms with Gasteiger partial charge in [0.15, 0.2) is 18.2 Å². The largest absolute Gasteiger partial charge is 0.478 e. The molecule has 0 saturated carbocycles. The molecule has 9 rings (SSSR count). The average molecular weight is 865 g/mol. The molecule has 1 unspecified atom stereocenters. The second-order valence-corrected chi connectivity index (χ2v) is 17.9. The van der Waals surface area contributed by atoms with Gasteiger partial charge in [-0.05, 0) is 94.5 Å². The predicted octanol–water partition coefficient (Wildman–Crippen LogP) is 3.72. The molecule has 5 amide bonds. The lowest BCUT2D eigenvalue weighted by Gasteiger charge is -2.49. The van der Waals surface area contributed by atoms with Gasteiger partial charge in [0, 0.05) is 81.0 Å². The van der Waals surface area contributed by atoms with Gasteiger partial charge in [0.1, 0.15) is 11.1 Å². The minimum Gasteiger partial charge on any atom is -0.478 e. The van der Waals surface area contributed by atoms with Gasteiger partial charge in [0.2, 0.25) is 17.8 Å². The van der Waals surface area contributed by atoms with E-state index in [1.165, 1.54) is 7.05 Å². The first-order valence-electron chi connectivity index (χ1n) is 21.2. The summed E-state index contributed by atoms with van der Waals surface area (Å²) in [6, 6.07) is 11.5. The van der Waals surface area contributed by atoms with E-state index in [2.05, 4.69) is 35.6 Å². The van der Waals surface area contributed by atoms with Crippen LogP contribution in [0.2, 0.25) is 5.02 Å². The average Bonchev–Trinajstić information content (AvgIpc) is 3.78. The molecule has 2 aromatic heterocycles. The molecule has 1 atom stereocenters. The summed E-state index contributed by atoms with van der Waals surface area (Å²) in [6.45, 7) is 10.0. The summed E-state index contributed by atoms with van der Waals surface area (Å²) in [4.78, 5) is 93.2. The SMILES string of the molecule is CNC(=O)COc1cc2cc(Nc3nc(N4CCC(CN5CCC6(C5)CN(c5ccc7c(c5)C(=O)N(C5CCC(=O)NC5=O)C7=O)C6)CC4)ncc3Cl)ccc2n(C(C)C)c1=O. The number of hydrogen-bond donors (Lipinski definition) is 3. The van der Waals surface area contributed by atoms with Gasteiger partial charge in [0.05, 0.1) is 22.8 Å². The molecule has 4 saturated heterocycles. The minimum atomic E-state index is -0.980. The maximum absolute atomic E-state index is 13.4. The number of imide groups is 2. The van der Waals surface area contributed by atoms with Crippen molar-refractivity contribution in [2.75, 3.05) is 74.6 Å². The van der Waals surface area contributed by atoms with E-state index < -0.39 is 29.7 Å². The molecule has 324 valence electrons. The first-order chi connectivity index (χ1) is 29.8. The Morgan fingerprint density at radius 1 is 0.952 bits per heavy atom. The number of hydrogen-bond acceptors (Lipinski definition) is 13. The van der Waals surface area contributed by atoms with Crippen molar-refractivity contribution in [3.63, 3.8) is 0 Å². The number of anilines is 4. The quantitative estimate of drug-likeness (QED) is 0.185. The summed E-state index contributed by atoms with van der Waals surface area (Å²) in [5.74, 6) is -0.618. The van der Waals surface area contributed by atoms with Crippen molar-refractivity contribution < 1.29 is 28.7 Å². The Morgan fingerprint density at radius 2 is 1.73 bits per heavy atom. The van der Waals surface area contributed by atoms with Gasteiger partial charge in [-0.25, -0.2) is 4.98 Å². The number of nitrogens with one attached hydrogen (secondary N) is 3. The molecule has 4 aromatic rings. The number of carbonyl (C=O) groups is 5. The highest BCUT2D eigenvalue weighted by molar-refractivity contribution is 6.33. The van der Waals surface area contributed by atoms with Crippen molar-refractivity contribution in [2.24, 2.45) is 11.3 Å². The number of piperidine rings is 2. The lowest BCUT2D eigenvalue weighted by atomic mass is 9.78. The van der Waals surface area contributed by atoms with Gasteiger partial charge in [-0.3, -0.25) is 39.0 Å². The first-order valence-corrected chi connectivity index (χ1v) is 21.6. The summed E-state index contributed by atoms with van der Waals surface area (Å²) in [6.07, 6.45) is 4.95. The standard InChI is InChI=1S/C44H49ClN10O7/c1-25(2)54-33-7-4-28(16-27(33)17-35(42(54)61)62-21-37(57)46-3)48-38-32(45)19-47-43(50-38)52-13-10-26(11-14-52)20-51-15-12-44(22-51)23-53(24-44)29-5-6-30-31(18-29)41(60)55(40(30)59)34-8-9-36(56)49-39(34)58/h4-7,16-19,25-26,34H,8-15,20-24H2,1-3H3,(H,46,57)(H,47,48,50)(H,49,56,58). The molecule has 5 aliphatic heterocycles. The molecule has 2 aromatic carbocycles. The molecule has 62 heavy (non-hydrogen) atoms.